The molecular formula is C21H26N2OS. The van der Waals surface area contributed by atoms with E-state index in [0.717, 1.165) is 30.8 Å². The van der Waals surface area contributed by atoms with Crippen molar-refractivity contribution in [3.63, 3.8) is 0 Å². The second kappa shape index (κ2) is 8.05. The van der Waals surface area contributed by atoms with E-state index in [1.165, 1.54) is 22.4 Å². The molecule has 0 bridgehead atoms. The highest BCUT2D eigenvalue weighted by atomic mass is 32.2. The van der Waals surface area contributed by atoms with Crippen LogP contribution in [0.25, 0.3) is 0 Å². The Balaban J connectivity index is 1.69. The average Bonchev–Trinajstić information content (AvgIpc) is 2.61. The van der Waals surface area contributed by atoms with Crippen LogP contribution in [-0.2, 0) is 5.75 Å². The summed E-state index contributed by atoms with van der Waals surface area (Å²) in [5.74, 6) is 0.853. The highest BCUT2D eigenvalue weighted by Crippen LogP contribution is 2.26. The van der Waals surface area contributed by atoms with E-state index in [4.69, 9.17) is 0 Å². The van der Waals surface area contributed by atoms with E-state index in [-0.39, 0.29) is 5.91 Å². The van der Waals surface area contributed by atoms with E-state index < -0.39 is 0 Å². The lowest BCUT2D eigenvalue weighted by atomic mass is 10.0. The summed E-state index contributed by atoms with van der Waals surface area (Å²) in [5.41, 5.74) is 4.11. The number of rotatable bonds is 4. The molecule has 1 unspecified atom stereocenters. The molecule has 3 rings (SSSR count). The molecule has 1 fully saturated rings. The molecular weight excluding hydrogens is 328 g/mol. The first-order valence-electron chi connectivity index (χ1n) is 9.01. The maximum Gasteiger partial charge on any atom is 0.272 e. The Morgan fingerprint density at radius 1 is 1.24 bits per heavy atom. The van der Waals surface area contributed by atoms with Gasteiger partial charge in [-0.3, -0.25) is 4.79 Å². The molecule has 1 aliphatic rings. The Morgan fingerprint density at radius 3 is 2.84 bits per heavy atom. The fourth-order valence-corrected chi connectivity index (χ4v) is 4.25. The van der Waals surface area contributed by atoms with Gasteiger partial charge >= 0.3 is 0 Å². The fraction of sp³-hybridized carbons (Fsp3) is 0.429. The molecule has 1 atom stereocenters. The summed E-state index contributed by atoms with van der Waals surface area (Å²) in [6.07, 6.45) is 3.40. The topological polar surface area (TPSA) is 33.2 Å². The normalized spacial score (nSPS) is 17.6. The molecule has 1 saturated heterocycles. The lowest BCUT2D eigenvalue weighted by Gasteiger charge is -2.33. The smallest absolute Gasteiger partial charge is 0.272 e. The van der Waals surface area contributed by atoms with Crippen LogP contribution in [0.3, 0.4) is 0 Å². The predicted molar refractivity (Wildman–Crippen MR) is 104 cm³/mol. The number of hydrogen-bond donors (Lipinski definition) is 0. The summed E-state index contributed by atoms with van der Waals surface area (Å²) >= 11 is 1.78. The Labute approximate surface area is 154 Å². The molecule has 1 aromatic carbocycles. The van der Waals surface area contributed by atoms with Gasteiger partial charge in [0.1, 0.15) is 5.69 Å². The number of carbonyl (C=O) groups is 1. The minimum absolute atomic E-state index is 0.0746. The van der Waals surface area contributed by atoms with Crippen LogP contribution < -0.4 is 0 Å². The largest absolute Gasteiger partial charge is 0.335 e. The van der Waals surface area contributed by atoms with Crippen LogP contribution in [-0.4, -0.2) is 28.4 Å². The summed E-state index contributed by atoms with van der Waals surface area (Å²) in [6, 6.07) is 12.6. The minimum Gasteiger partial charge on any atom is -0.335 e. The molecule has 0 spiro atoms. The van der Waals surface area contributed by atoms with Gasteiger partial charge in [0.2, 0.25) is 0 Å². The number of pyridine rings is 1. The lowest BCUT2D eigenvalue weighted by molar-refractivity contribution is 0.0629. The summed E-state index contributed by atoms with van der Waals surface area (Å²) in [6.45, 7) is 7.24. The highest BCUT2D eigenvalue weighted by Gasteiger charge is 2.25. The van der Waals surface area contributed by atoms with Crippen LogP contribution in [0.2, 0.25) is 0 Å². The third-order valence-corrected chi connectivity index (χ3v) is 6.00. The molecule has 1 aromatic heterocycles. The van der Waals surface area contributed by atoms with Crippen LogP contribution in [0.4, 0.5) is 0 Å². The SMILES string of the molecule is Cc1ccc(SCc2cccc(C(=O)N3CCCCC3C)n2)c(C)c1. The van der Waals surface area contributed by atoms with Gasteiger partial charge in [-0.2, -0.15) is 0 Å². The first-order valence-corrected chi connectivity index (χ1v) is 10.00. The molecule has 0 aliphatic carbocycles. The van der Waals surface area contributed by atoms with Crippen LogP contribution in [0, 0.1) is 13.8 Å². The maximum absolute atomic E-state index is 12.8. The van der Waals surface area contributed by atoms with E-state index in [0.29, 0.717) is 11.7 Å². The number of likely N-dealkylation sites (tertiary alicyclic amines) is 1. The van der Waals surface area contributed by atoms with Crippen molar-refractivity contribution in [2.24, 2.45) is 0 Å². The van der Waals surface area contributed by atoms with Gasteiger partial charge in [0.25, 0.3) is 5.91 Å². The van der Waals surface area contributed by atoms with Gasteiger partial charge in [0.05, 0.1) is 5.69 Å². The maximum atomic E-state index is 12.8. The Bertz CT molecular complexity index is 759. The third-order valence-electron chi connectivity index (χ3n) is 4.80. The van der Waals surface area contributed by atoms with Crippen LogP contribution >= 0.6 is 11.8 Å². The summed E-state index contributed by atoms with van der Waals surface area (Å²) in [4.78, 5) is 20.7. The summed E-state index contributed by atoms with van der Waals surface area (Å²) < 4.78 is 0. The quantitative estimate of drug-likeness (QED) is 0.724. The van der Waals surface area contributed by atoms with Crippen molar-refractivity contribution >= 4 is 17.7 Å². The zero-order valence-corrected chi connectivity index (χ0v) is 16.1. The van der Waals surface area contributed by atoms with E-state index >= 15 is 0 Å². The van der Waals surface area contributed by atoms with Gasteiger partial charge < -0.3 is 4.90 Å². The van der Waals surface area contributed by atoms with Gasteiger partial charge in [-0.15, -0.1) is 11.8 Å². The van der Waals surface area contributed by atoms with E-state index in [9.17, 15) is 4.79 Å². The molecule has 0 radical (unpaired) electrons. The van der Waals surface area contributed by atoms with Crippen molar-refractivity contribution in [3.8, 4) is 0 Å². The number of amides is 1. The van der Waals surface area contributed by atoms with Gasteiger partial charge in [0, 0.05) is 23.2 Å². The second-order valence-electron chi connectivity index (χ2n) is 6.92. The Morgan fingerprint density at radius 2 is 2.08 bits per heavy atom. The minimum atomic E-state index is 0.0746. The number of thioether (sulfide) groups is 1. The van der Waals surface area contributed by atoms with E-state index in [1.54, 1.807) is 11.8 Å². The zero-order valence-electron chi connectivity index (χ0n) is 15.3. The zero-order chi connectivity index (χ0) is 17.8. The van der Waals surface area contributed by atoms with Crippen LogP contribution in [0.15, 0.2) is 41.3 Å². The molecule has 4 heteroatoms. The first-order chi connectivity index (χ1) is 12.0. The summed E-state index contributed by atoms with van der Waals surface area (Å²) in [5, 5.41) is 0. The van der Waals surface area contributed by atoms with E-state index in [2.05, 4.69) is 44.0 Å². The monoisotopic (exact) mass is 354 g/mol. The molecule has 25 heavy (non-hydrogen) atoms. The van der Waals surface area contributed by atoms with Crippen molar-refractivity contribution in [2.45, 2.75) is 56.7 Å². The molecule has 1 aliphatic heterocycles. The molecule has 3 nitrogen and oxygen atoms in total. The number of carbonyl (C=O) groups excluding carboxylic acids is 1. The number of nitrogens with zero attached hydrogens (tertiary/aromatic N) is 2. The molecule has 2 aromatic rings. The number of piperidine rings is 1. The Kier molecular flexibility index (Phi) is 5.79. The predicted octanol–water partition coefficient (Wildman–Crippen LogP) is 5.01. The van der Waals surface area contributed by atoms with Crippen LogP contribution in [0.5, 0.6) is 0 Å². The molecule has 132 valence electrons. The van der Waals surface area contributed by atoms with Gasteiger partial charge in [-0.05, 0) is 63.8 Å². The number of aryl methyl sites for hydroxylation is 2. The van der Waals surface area contributed by atoms with Crippen molar-refractivity contribution in [3.05, 3.63) is 58.9 Å². The highest BCUT2D eigenvalue weighted by molar-refractivity contribution is 7.98. The number of hydrogen-bond acceptors (Lipinski definition) is 3. The summed E-state index contributed by atoms with van der Waals surface area (Å²) in [7, 11) is 0. The first kappa shape index (κ1) is 18.0. The van der Waals surface area contributed by atoms with Crippen molar-refractivity contribution in [1.29, 1.82) is 0 Å². The van der Waals surface area contributed by atoms with Gasteiger partial charge in [-0.1, -0.05) is 23.8 Å². The molecule has 0 N–H and O–H groups in total. The molecule has 2 heterocycles. The fourth-order valence-electron chi connectivity index (χ4n) is 3.34. The standard InChI is InChI=1S/C21H26N2OS/c1-15-10-11-20(16(2)13-15)25-14-18-8-6-9-19(22-18)21(24)23-12-5-4-7-17(23)3/h6,8-11,13,17H,4-5,7,12,14H2,1-3H3. The van der Waals surface area contributed by atoms with Crippen LogP contribution in [0.1, 0.15) is 53.5 Å². The van der Waals surface area contributed by atoms with Gasteiger partial charge in [-0.25, -0.2) is 4.98 Å². The lowest BCUT2D eigenvalue weighted by Crippen LogP contribution is -2.42. The van der Waals surface area contributed by atoms with Crippen molar-refractivity contribution in [2.75, 3.05) is 6.54 Å². The van der Waals surface area contributed by atoms with Gasteiger partial charge in [0.15, 0.2) is 0 Å². The molecule has 1 amide bonds. The number of benzene rings is 1. The van der Waals surface area contributed by atoms with Crippen molar-refractivity contribution in [1.82, 2.24) is 9.88 Å². The second-order valence-corrected chi connectivity index (χ2v) is 7.93. The van der Waals surface area contributed by atoms with E-state index in [1.807, 2.05) is 23.1 Å². The van der Waals surface area contributed by atoms with Crippen molar-refractivity contribution < 1.29 is 4.79 Å². The average molecular weight is 355 g/mol. The third kappa shape index (κ3) is 4.43. The number of aromatic nitrogens is 1. The molecule has 0 saturated carbocycles. The Hall–Kier alpha value is -1.81.